The molecular weight excluding hydrogens is 390 g/mol. The van der Waals surface area contributed by atoms with Crippen LogP contribution in [0.2, 0.25) is 0 Å². The summed E-state index contributed by atoms with van der Waals surface area (Å²) in [5.74, 6) is -0.643. The van der Waals surface area contributed by atoms with Gasteiger partial charge in [0.2, 0.25) is 0 Å². The highest BCUT2D eigenvalue weighted by Gasteiger charge is 2.42. The van der Waals surface area contributed by atoms with E-state index in [9.17, 15) is 14.4 Å². The maximum atomic E-state index is 12.9. The van der Waals surface area contributed by atoms with Crippen LogP contribution in [0, 0.1) is 0 Å². The molecule has 0 aromatic rings. The zero-order valence-corrected chi connectivity index (χ0v) is 19.8. The Labute approximate surface area is 180 Å². The molecule has 30 heavy (non-hydrogen) atoms. The van der Waals surface area contributed by atoms with Gasteiger partial charge < -0.3 is 18.9 Å². The predicted octanol–water partition coefficient (Wildman–Crippen LogP) is 4.83. The van der Waals surface area contributed by atoms with Gasteiger partial charge in [-0.25, -0.2) is 14.4 Å². The Kier molecular flexibility index (Phi) is 9.59. The first-order valence-corrected chi connectivity index (χ1v) is 10.8. The quantitative estimate of drug-likeness (QED) is 0.467. The number of nitrogens with zero attached hydrogens (tertiary/aromatic N) is 1. The van der Waals surface area contributed by atoms with Gasteiger partial charge in [0.25, 0.3) is 0 Å². The van der Waals surface area contributed by atoms with Crippen LogP contribution in [0.15, 0.2) is 0 Å². The zero-order chi connectivity index (χ0) is 23.1. The summed E-state index contributed by atoms with van der Waals surface area (Å²) in [5.41, 5.74) is -1.68. The standard InChI is InChI=1S/C22H39NO7/c1-9-13-27-16-11-10-12-17(18(24)28-15(2)14-16)23(19(25)29-21(3,4)5)20(26)30-22(6,7)8/h15-17H,9-14H2,1-8H3/t15-,16-,17-/m0/s1. The summed E-state index contributed by atoms with van der Waals surface area (Å²) in [5, 5.41) is 0. The monoisotopic (exact) mass is 429 g/mol. The molecule has 1 aliphatic rings. The first kappa shape index (κ1) is 26.2. The van der Waals surface area contributed by atoms with Crippen molar-refractivity contribution < 1.29 is 33.3 Å². The lowest BCUT2D eigenvalue weighted by Crippen LogP contribution is -2.52. The Morgan fingerprint density at radius 1 is 1.03 bits per heavy atom. The Morgan fingerprint density at radius 2 is 1.57 bits per heavy atom. The molecule has 0 N–H and O–H groups in total. The maximum Gasteiger partial charge on any atom is 0.420 e. The molecule has 1 aliphatic heterocycles. The van der Waals surface area contributed by atoms with Crippen molar-refractivity contribution in [2.45, 2.75) is 117 Å². The number of hydrogen-bond donors (Lipinski definition) is 0. The summed E-state index contributed by atoms with van der Waals surface area (Å²) in [4.78, 5) is 39.4. The van der Waals surface area contributed by atoms with Gasteiger partial charge >= 0.3 is 18.2 Å². The van der Waals surface area contributed by atoms with Gasteiger partial charge in [-0.05, 0) is 74.1 Å². The van der Waals surface area contributed by atoms with Gasteiger partial charge in [-0.15, -0.1) is 0 Å². The number of ether oxygens (including phenoxy) is 4. The SMILES string of the molecule is CCCO[C@H]1CCC[C@H](N(C(=O)OC(C)(C)C)C(=O)OC(C)(C)C)C(=O)O[C@@H](C)C1. The normalized spacial score (nSPS) is 23.5. The molecule has 3 atom stereocenters. The van der Waals surface area contributed by atoms with Gasteiger partial charge in [-0.1, -0.05) is 6.92 Å². The minimum atomic E-state index is -1.12. The van der Waals surface area contributed by atoms with E-state index >= 15 is 0 Å². The van der Waals surface area contributed by atoms with Gasteiger partial charge in [0.05, 0.1) is 6.10 Å². The van der Waals surface area contributed by atoms with Gasteiger partial charge in [0.1, 0.15) is 23.3 Å². The van der Waals surface area contributed by atoms with Gasteiger partial charge in [-0.3, -0.25) is 0 Å². The van der Waals surface area contributed by atoms with Crippen LogP contribution in [-0.2, 0) is 23.7 Å². The van der Waals surface area contributed by atoms with Crippen LogP contribution in [0.3, 0.4) is 0 Å². The third-order valence-corrected chi connectivity index (χ3v) is 4.24. The summed E-state index contributed by atoms with van der Waals surface area (Å²) in [6.45, 7) is 14.6. The van der Waals surface area contributed by atoms with Gasteiger partial charge in [-0.2, -0.15) is 4.90 Å². The minimum Gasteiger partial charge on any atom is -0.461 e. The molecular formula is C22H39NO7. The molecule has 1 rings (SSSR count). The van der Waals surface area contributed by atoms with Crippen molar-refractivity contribution in [3.8, 4) is 0 Å². The minimum absolute atomic E-state index is 0.0389. The first-order valence-electron chi connectivity index (χ1n) is 10.8. The topological polar surface area (TPSA) is 91.4 Å². The molecule has 0 radical (unpaired) electrons. The molecule has 0 aromatic heterocycles. The number of hydrogen-bond acceptors (Lipinski definition) is 7. The molecule has 174 valence electrons. The maximum absolute atomic E-state index is 12.9. The summed E-state index contributed by atoms with van der Waals surface area (Å²) in [6, 6.07) is -1.12. The second-order valence-electron chi connectivity index (χ2n) is 9.75. The smallest absolute Gasteiger partial charge is 0.420 e. The lowest BCUT2D eigenvalue weighted by atomic mass is 10.0. The third-order valence-electron chi connectivity index (χ3n) is 4.24. The molecule has 1 fully saturated rings. The molecule has 0 saturated carbocycles. The van der Waals surface area contributed by atoms with Gasteiger partial charge in [0.15, 0.2) is 0 Å². The van der Waals surface area contributed by atoms with E-state index in [1.807, 2.05) is 6.92 Å². The van der Waals surface area contributed by atoms with E-state index in [2.05, 4.69) is 0 Å². The van der Waals surface area contributed by atoms with Gasteiger partial charge in [0, 0.05) is 13.0 Å². The van der Waals surface area contributed by atoms with Crippen molar-refractivity contribution in [1.29, 1.82) is 0 Å². The first-order chi connectivity index (χ1) is 13.7. The van der Waals surface area contributed by atoms with Crippen molar-refractivity contribution in [2.24, 2.45) is 0 Å². The second kappa shape index (κ2) is 11.0. The number of carbonyl (C=O) groups excluding carboxylic acids is 3. The fraction of sp³-hybridized carbons (Fsp3) is 0.864. The van der Waals surface area contributed by atoms with Crippen LogP contribution >= 0.6 is 0 Å². The van der Waals surface area contributed by atoms with E-state index < -0.39 is 41.5 Å². The summed E-state index contributed by atoms with van der Waals surface area (Å²) in [7, 11) is 0. The number of esters is 1. The predicted molar refractivity (Wildman–Crippen MR) is 112 cm³/mol. The molecule has 1 saturated heterocycles. The molecule has 0 unspecified atom stereocenters. The van der Waals surface area contributed by atoms with Crippen molar-refractivity contribution in [3.05, 3.63) is 0 Å². The van der Waals surface area contributed by atoms with Crippen LogP contribution in [0.4, 0.5) is 9.59 Å². The summed E-state index contributed by atoms with van der Waals surface area (Å²) in [6.07, 6.45) is 0.707. The Balaban J connectivity index is 3.14. The molecule has 0 aromatic carbocycles. The molecule has 1 heterocycles. The Hall–Kier alpha value is -1.83. The van der Waals surface area contributed by atoms with E-state index in [0.29, 0.717) is 25.9 Å². The zero-order valence-electron chi connectivity index (χ0n) is 19.8. The summed E-state index contributed by atoms with van der Waals surface area (Å²) >= 11 is 0. The number of imide groups is 1. The molecule has 0 aliphatic carbocycles. The molecule has 0 spiro atoms. The van der Waals surface area contributed by atoms with E-state index in [4.69, 9.17) is 18.9 Å². The lowest BCUT2D eigenvalue weighted by molar-refractivity contribution is -0.155. The highest BCUT2D eigenvalue weighted by atomic mass is 16.6. The van der Waals surface area contributed by atoms with Crippen molar-refractivity contribution in [2.75, 3.05) is 6.61 Å². The molecule has 2 amide bonds. The fourth-order valence-corrected chi connectivity index (χ4v) is 3.09. The van der Waals surface area contributed by atoms with Crippen LogP contribution in [0.25, 0.3) is 0 Å². The number of carbonyl (C=O) groups is 3. The largest absolute Gasteiger partial charge is 0.461 e. The Bertz CT molecular complexity index is 563. The second-order valence-corrected chi connectivity index (χ2v) is 9.75. The lowest BCUT2D eigenvalue weighted by Gasteiger charge is -2.32. The van der Waals surface area contributed by atoms with E-state index in [0.717, 1.165) is 11.3 Å². The van der Waals surface area contributed by atoms with Crippen molar-refractivity contribution >= 4 is 18.2 Å². The van der Waals surface area contributed by atoms with E-state index in [-0.39, 0.29) is 12.5 Å². The number of rotatable bonds is 4. The fourth-order valence-electron chi connectivity index (χ4n) is 3.09. The van der Waals surface area contributed by atoms with E-state index in [1.54, 1.807) is 48.5 Å². The van der Waals surface area contributed by atoms with Crippen molar-refractivity contribution in [3.63, 3.8) is 0 Å². The molecule has 0 bridgehead atoms. The highest BCUT2D eigenvalue weighted by molar-refractivity contribution is 5.94. The van der Waals surface area contributed by atoms with Crippen LogP contribution in [-0.4, -0.2) is 59.1 Å². The molecule has 8 heteroatoms. The Morgan fingerprint density at radius 3 is 2.03 bits per heavy atom. The average molecular weight is 430 g/mol. The number of amides is 2. The van der Waals surface area contributed by atoms with Crippen LogP contribution < -0.4 is 0 Å². The highest BCUT2D eigenvalue weighted by Crippen LogP contribution is 2.24. The molecule has 8 nitrogen and oxygen atoms in total. The van der Waals surface area contributed by atoms with Crippen LogP contribution in [0.1, 0.15) is 87.5 Å². The van der Waals surface area contributed by atoms with Crippen LogP contribution in [0.5, 0.6) is 0 Å². The summed E-state index contributed by atoms with van der Waals surface area (Å²) < 4.78 is 22.2. The average Bonchev–Trinajstić information content (AvgIpc) is 2.60. The van der Waals surface area contributed by atoms with E-state index in [1.165, 1.54) is 0 Å². The number of cyclic esters (lactones) is 1. The van der Waals surface area contributed by atoms with Crippen molar-refractivity contribution in [1.82, 2.24) is 4.90 Å². The third kappa shape index (κ3) is 9.32.